The number of carbonyl (C=O) groups is 1. The van der Waals surface area contributed by atoms with Crippen LogP contribution in [0.15, 0.2) is 70.6 Å². The predicted molar refractivity (Wildman–Crippen MR) is 152 cm³/mol. The highest BCUT2D eigenvalue weighted by Crippen LogP contribution is 2.39. The number of anilines is 1. The summed E-state index contributed by atoms with van der Waals surface area (Å²) in [6.07, 6.45) is -8.38. The van der Waals surface area contributed by atoms with Crippen LogP contribution in [0.3, 0.4) is 0 Å². The maximum absolute atomic E-state index is 14.2. The van der Waals surface area contributed by atoms with E-state index in [1.807, 2.05) is 9.80 Å². The zero-order chi connectivity index (χ0) is 31.6. The van der Waals surface area contributed by atoms with Gasteiger partial charge in [-0.2, -0.15) is 31.3 Å². The number of aliphatic imine (C=N–C) groups is 1. The molecule has 0 unspecified atom stereocenters. The van der Waals surface area contributed by atoms with Crippen molar-refractivity contribution in [2.75, 3.05) is 38.2 Å². The average molecular weight is 640 g/mol. The number of amides is 1. The minimum absolute atomic E-state index is 0.0535. The first-order chi connectivity index (χ1) is 20.8. The smallest absolute Gasteiger partial charge is 0.416 e. The third-order valence-corrected chi connectivity index (χ3v) is 8.01. The molecule has 0 radical (unpaired) electrons. The number of nitrogens with zero attached hydrogens (tertiary/aromatic N) is 3. The fourth-order valence-corrected chi connectivity index (χ4v) is 5.69. The zero-order valence-electron chi connectivity index (χ0n) is 23.0. The van der Waals surface area contributed by atoms with Gasteiger partial charge in [-0.05, 0) is 59.8 Å². The van der Waals surface area contributed by atoms with Crippen LogP contribution < -0.4 is 14.4 Å². The van der Waals surface area contributed by atoms with Crippen molar-refractivity contribution in [3.05, 3.63) is 93.6 Å². The molecule has 0 aliphatic carbocycles. The summed E-state index contributed by atoms with van der Waals surface area (Å²) in [4.78, 5) is 21.1. The van der Waals surface area contributed by atoms with Gasteiger partial charge in [-0.3, -0.25) is 4.79 Å². The molecular weight excluding hydrogens is 615 g/mol. The van der Waals surface area contributed by atoms with Crippen molar-refractivity contribution in [1.29, 1.82) is 0 Å². The molecule has 0 aromatic heterocycles. The second kappa shape index (κ2) is 12.4. The van der Waals surface area contributed by atoms with Gasteiger partial charge in [0.1, 0.15) is 12.4 Å². The van der Waals surface area contributed by atoms with E-state index < -0.39 is 41.6 Å². The molecule has 0 spiro atoms. The maximum Gasteiger partial charge on any atom is 0.416 e. The Balaban J connectivity index is 1.25. The van der Waals surface area contributed by atoms with Crippen LogP contribution in [0.1, 0.15) is 22.3 Å². The van der Waals surface area contributed by atoms with Crippen molar-refractivity contribution in [2.45, 2.75) is 19.0 Å². The number of alkyl halides is 6. The number of carbonyl (C=O) groups excluding carboxylic acids is 1. The molecule has 6 nitrogen and oxygen atoms in total. The Bertz CT molecular complexity index is 1610. The van der Waals surface area contributed by atoms with E-state index in [1.165, 1.54) is 37.1 Å². The summed E-state index contributed by atoms with van der Waals surface area (Å²) in [5.74, 6) is -0.548. The quantitative estimate of drug-likeness (QED) is 0.209. The lowest BCUT2D eigenvalue weighted by Crippen LogP contribution is -2.48. The Kier molecular flexibility index (Phi) is 8.82. The second-order valence-electron chi connectivity index (χ2n) is 9.80. The molecular formula is C30H24F7N3O3S. The highest BCUT2D eigenvalue weighted by molar-refractivity contribution is 8.18. The third kappa shape index (κ3) is 6.95. The third-order valence-electron chi connectivity index (χ3n) is 6.96. The largest absolute Gasteiger partial charge is 0.493 e. The summed E-state index contributed by atoms with van der Waals surface area (Å²) in [5.41, 5.74) is -2.30. The first-order valence-corrected chi connectivity index (χ1v) is 14.0. The van der Waals surface area contributed by atoms with Crippen molar-refractivity contribution in [3.63, 3.8) is 0 Å². The van der Waals surface area contributed by atoms with Gasteiger partial charge in [0, 0.05) is 31.7 Å². The maximum atomic E-state index is 14.2. The van der Waals surface area contributed by atoms with Crippen LogP contribution in [0.2, 0.25) is 0 Å². The van der Waals surface area contributed by atoms with Gasteiger partial charge < -0.3 is 19.3 Å². The van der Waals surface area contributed by atoms with E-state index in [0.717, 1.165) is 6.07 Å². The monoisotopic (exact) mass is 639 g/mol. The van der Waals surface area contributed by atoms with Gasteiger partial charge in [0.15, 0.2) is 16.7 Å². The van der Waals surface area contributed by atoms with Crippen molar-refractivity contribution < 1.29 is 45.0 Å². The number of piperazine rings is 1. The highest BCUT2D eigenvalue weighted by atomic mass is 32.2. The fraction of sp³-hybridized carbons (Fsp3) is 0.267. The van der Waals surface area contributed by atoms with Gasteiger partial charge in [-0.25, -0.2) is 4.39 Å². The summed E-state index contributed by atoms with van der Waals surface area (Å²) in [6, 6.07) is 12.4. The normalized spacial score (nSPS) is 16.9. The summed E-state index contributed by atoms with van der Waals surface area (Å²) >= 11 is 1.19. The van der Waals surface area contributed by atoms with Gasteiger partial charge in [-0.15, -0.1) is 0 Å². The van der Waals surface area contributed by atoms with E-state index in [1.54, 1.807) is 30.3 Å². The lowest BCUT2D eigenvalue weighted by atomic mass is 10.0. The molecule has 0 saturated carbocycles. The topological polar surface area (TPSA) is 54.4 Å². The molecule has 2 heterocycles. The summed E-state index contributed by atoms with van der Waals surface area (Å²) in [6.45, 7) is 1.50. The van der Waals surface area contributed by atoms with Crippen molar-refractivity contribution in [1.82, 2.24) is 4.90 Å². The van der Waals surface area contributed by atoms with Crippen molar-refractivity contribution in [3.8, 4) is 11.5 Å². The number of thioether (sulfide) groups is 1. The molecule has 1 saturated heterocycles. The summed E-state index contributed by atoms with van der Waals surface area (Å²) < 4.78 is 104. The minimum Gasteiger partial charge on any atom is -0.493 e. The van der Waals surface area contributed by atoms with Crippen LogP contribution in [0.25, 0.3) is 6.08 Å². The van der Waals surface area contributed by atoms with Crippen molar-refractivity contribution in [2.24, 2.45) is 4.99 Å². The van der Waals surface area contributed by atoms with Crippen LogP contribution in [0.5, 0.6) is 11.5 Å². The van der Waals surface area contributed by atoms with E-state index in [9.17, 15) is 35.5 Å². The van der Waals surface area contributed by atoms with Crippen LogP contribution in [0.4, 0.5) is 36.4 Å². The number of ether oxygens (including phenoxy) is 2. The molecule has 0 bridgehead atoms. The Morgan fingerprint density at radius 3 is 2.25 bits per heavy atom. The molecule has 2 aliphatic rings. The second-order valence-corrected chi connectivity index (χ2v) is 10.8. The molecule has 2 aliphatic heterocycles. The summed E-state index contributed by atoms with van der Waals surface area (Å²) in [7, 11) is 1.32. The molecule has 232 valence electrons. The van der Waals surface area contributed by atoms with Gasteiger partial charge in [0.25, 0.3) is 5.91 Å². The van der Waals surface area contributed by atoms with E-state index in [-0.39, 0.29) is 23.4 Å². The molecule has 1 amide bonds. The van der Waals surface area contributed by atoms with E-state index >= 15 is 0 Å². The van der Waals surface area contributed by atoms with Crippen LogP contribution in [-0.4, -0.2) is 49.3 Å². The van der Waals surface area contributed by atoms with Crippen LogP contribution in [-0.2, 0) is 23.8 Å². The molecule has 14 heteroatoms. The van der Waals surface area contributed by atoms with Crippen LogP contribution in [0, 0.1) is 5.82 Å². The zero-order valence-corrected chi connectivity index (χ0v) is 23.8. The number of benzene rings is 3. The van der Waals surface area contributed by atoms with Crippen molar-refractivity contribution >= 4 is 34.6 Å². The molecule has 5 rings (SSSR count). The van der Waals surface area contributed by atoms with Gasteiger partial charge in [-0.1, -0.05) is 24.3 Å². The van der Waals surface area contributed by atoms with Gasteiger partial charge in [0.2, 0.25) is 0 Å². The number of methoxy groups -OCH3 is 1. The SMILES string of the molecule is COc1cc(C=C2SC(N3CCN(c4ccccc4F)CC3)=NC2=O)ccc1OCc1ccc(C(F)(F)F)cc1C(F)(F)F. The lowest BCUT2D eigenvalue weighted by Gasteiger charge is -2.36. The highest BCUT2D eigenvalue weighted by Gasteiger charge is 2.38. The number of hydrogen-bond donors (Lipinski definition) is 0. The van der Waals surface area contributed by atoms with Gasteiger partial charge in [0.05, 0.1) is 28.8 Å². The Morgan fingerprint density at radius 2 is 1.59 bits per heavy atom. The molecule has 1 fully saturated rings. The Hall–Kier alpha value is -4.20. The van der Waals surface area contributed by atoms with Gasteiger partial charge >= 0.3 is 12.4 Å². The predicted octanol–water partition coefficient (Wildman–Crippen LogP) is 7.24. The summed E-state index contributed by atoms with van der Waals surface area (Å²) in [5, 5.41) is 0.526. The van der Waals surface area contributed by atoms with Crippen LogP contribution >= 0.6 is 11.8 Å². The Morgan fingerprint density at radius 1 is 0.886 bits per heavy atom. The average Bonchev–Trinajstić information content (AvgIpc) is 3.35. The molecule has 3 aromatic rings. The standard InChI is InChI=1S/C30H24F7N3O3S/c1-42-25-14-18(6-9-24(25)43-17-19-7-8-20(29(32,33)34)16-21(19)30(35,36)37)15-26-27(41)38-28(44-26)40-12-10-39(11-13-40)23-5-3-2-4-22(23)31/h2-9,14-16H,10-13,17H2,1H3. The first-order valence-electron chi connectivity index (χ1n) is 13.2. The molecule has 0 atom stereocenters. The molecule has 0 N–H and O–H groups in total. The minimum atomic E-state index is -5.03. The van der Waals surface area contributed by atoms with E-state index in [0.29, 0.717) is 53.6 Å². The van der Waals surface area contributed by atoms with E-state index in [2.05, 4.69) is 4.99 Å². The number of halogens is 7. The van der Waals surface area contributed by atoms with E-state index in [4.69, 9.17) is 9.47 Å². The number of hydrogen-bond acceptors (Lipinski definition) is 6. The molecule has 44 heavy (non-hydrogen) atoms. The fourth-order valence-electron chi connectivity index (χ4n) is 4.72. The lowest BCUT2D eigenvalue weighted by molar-refractivity contribution is -0.143. The number of amidine groups is 1. The number of para-hydroxylation sites is 1. The number of rotatable bonds is 6. The Labute approximate surface area is 251 Å². The first kappa shape index (κ1) is 31.2. The molecule has 3 aromatic carbocycles.